The molecular weight excluding hydrogens is 719 g/mol. The molecule has 18 heteroatoms. The van der Waals surface area contributed by atoms with E-state index in [1.165, 1.54) is 27.3 Å². The van der Waals surface area contributed by atoms with Crippen LogP contribution in [0.15, 0.2) is 67.8 Å². The van der Waals surface area contributed by atoms with Crippen LogP contribution in [0, 0.1) is 0 Å². The van der Waals surface area contributed by atoms with E-state index in [0.717, 1.165) is 43.9 Å². The SMILES string of the molecule is O=C(c1cnn(C(=O)N2CCN(Cc3cncc(C4CN(C(O)c5cnn(C(=O)N6CCN(Cc7ccncc7)CC6)c5)CCO4)c3)CC2)c1)N1CCNCC1. The molecule has 296 valence electrons. The van der Waals surface area contributed by atoms with E-state index in [-0.39, 0.29) is 24.1 Å². The molecule has 4 aromatic rings. The summed E-state index contributed by atoms with van der Waals surface area (Å²) < 4.78 is 8.74. The van der Waals surface area contributed by atoms with Gasteiger partial charge in [0.15, 0.2) is 0 Å². The fourth-order valence-electron chi connectivity index (χ4n) is 7.73. The van der Waals surface area contributed by atoms with Gasteiger partial charge in [-0.25, -0.2) is 9.59 Å². The number of morpholine rings is 1. The van der Waals surface area contributed by atoms with Crippen LogP contribution in [-0.2, 0) is 17.8 Å². The number of aromatic nitrogens is 6. The van der Waals surface area contributed by atoms with Crippen molar-refractivity contribution >= 4 is 18.0 Å². The predicted octanol–water partition coefficient (Wildman–Crippen LogP) is 0.551. The molecule has 0 radical (unpaired) electrons. The van der Waals surface area contributed by atoms with Crippen molar-refractivity contribution in [3.8, 4) is 0 Å². The number of ether oxygens (including phenoxy) is 1. The molecule has 8 rings (SSSR count). The van der Waals surface area contributed by atoms with Crippen molar-refractivity contribution in [2.75, 3.05) is 98.2 Å². The molecule has 0 spiro atoms. The third-order valence-electron chi connectivity index (χ3n) is 11.0. The van der Waals surface area contributed by atoms with Crippen LogP contribution < -0.4 is 5.32 Å². The van der Waals surface area contributed by atoms with Crippen LogP contribution in [-0.4, -0.2) is 180 Å². The number of hydrogen-bond acceptors (Lipinski definition) is 13. The Morgan fingerprint density at radius 1 is 0.732 bits per heavy atom. The minimum atomic E-state index is -0.948. The molecule has 2 atom stereocenters. The Balaban J connectivity index is 0.804. The quantitative estimate of drug-likeness (QED) is 0.255. The summed E-state index contributed by atoms with van der Waals surface area (Å²) in [6.07, 6.45) is 12.2. The average molecular weight is 768 g/mol. The van der Waals surface area contributed by atoms with E-state index in [0.29, 0.717) is 89.7 Å². The summed E-state index contributed by atoms with van der Waals surface area (Å²) in [4.78, 5) is 59.8. The maximum absolute atomic E-state index is 13.3. The number of nitrogens with one attached hydrogen (secondary N) is 1. The fraction of sp³-hybridized carbons (Fsp3) is 0.500. The molecular formula is C38H49N13O5. The first-order valence-corrected chi connectivity index (χ1v) is 19.4. The van der Waals surface area contributed by atoms with Gasteiger partial charge in [0, 0.05) is 153 Å². The summed E-state index contributed by atoms with van der Waals surface area (Å²) in [7, 11) is 0. The lowest BCUT2D eigenvalue weighted by molar-refractivity contribution is -0.0969. The normalized spacial score (nSPS) is 20.9. The van der Waals surface area contributed by atoms with Gasteiger partial charge in [-0.3, -0.25) is 29.5 Å². The van der Waals surface area contributed by atoms with Crippen LogP contribution in [0.5, 0.6) is 0 Å². The maximum atomic E-state index is 13.3. The van der Waals surface area contributed by atoms with Crippen molar-refractivity contribution in [1.82, 2.24) is 64.2 Å². The Bertz CT molecular complexity index is 1950. The summed E-state index contributed by atoms with van der Waals surface area (Å²) >= 11 is 0. The maximum Gasteiger partial charge on any atom is 0.344 e. The summed E-state index contributed by atoms with van der Waals surface area (Å²) in [6, 6.07) is 5.68. The van der Waals surface area contributed by atoms with E-state index < -0.39 is 6.23 Å². The third kappa shape index (κ3) is 8.80. The van der Waals surface area contributed by atoms with E-state index in [2.05, 4.69) is 41.3 Å². The van der Waals surface area contributed by atoms with Gasteiger partial charge in [-0.2, -0.15) is 19.6 Å². The van der Waals surface area contributed by atoms with Gasteiger partial charge >= 0.3 is 12.1 Å². The second-order valence-corrected chi connectivity index (χ2v) is 14.7. The number of amides is 3. The van der Waals surface area contributed by atoms with Gasteiger partial charge in [-0.15, -0.1) is 0 Å². The number of piperazine rings is 3. The van der Waals surface area contributed by atoms with E-state index in [9.17, 15) is 19.5 Å². The fourth-order valence-corrected chi connectivity index (χ4v) is 7.73. The summed E-state index contributed by atoms with van der Waals surface area (Å²) in [5.41, 5.74) is 4.13. The minimum absolute atomic E-state index is 0.104. The monoisotopic (exact) mass is 767 g/mol. The highest BCUT2D eigenvalue weighted by molar-refractivity contribution is 5.94. The number of hydrogen-bond donors (Lipinski definition) is 2. The first-order chi connectivity index (χ1) is 27.4. The van der Waals surface area contributed by atoms with Gasteiger partial charge in [-0.1, -0.05) is 0 Å². The number of nitrogens with zero attached hydrogens (tertiary/aromatic N) is 12. The van der Waals surface area contributed by atoms with Gasteiger partial charge < -0.3 is 29.9 Å². The standard InChI is InChI=1S/C38H49N13O5/c52-35(46-7-5-40-6-8-46)32-22-42-50(26-32)37(54)48-15-11-45(12-16-48)25-30-19-31(21-41-20-30)34-28-49(17-18-56-34)36(53)33-23-43-51(27-33)38(55)47-13-9-44(10-14-47)24-29-1-3-39-4-2-29/h1-4,19-23,26-27,34,36,40,53H,5-18,24-25,28H2. The van der Waals surface area contributed by atoms with Crippen LogP contribution >= 0.6 is 0 Å². The highest BCUT2D eigenvalue weighted by atomic mass is 16.5. The highest BCUT2D eigenvalue weighted by Gasteiger charge is 2.31. The van der Waals surface area contributed by atoms with Gasteiger partial charge in [-0.05, 0) is 29.3 Å². The number of pyridine rings is 2. The van der Waals surface area contributed by atoms with Crippen LogP contribution in [0.3, 0.4) is 0 Å². The number of carbonyl (C=O) groups is 3. The second kappa shape index (κ2) is 17.4. The molecule has 4 aliphatic heterocycles. The topological polar surface area (TPSA) is 174 Å². The molecule has 3 amide bonds. The van der Waals surface area contributed by atoms with Crippen molar-refractivity contribution < 1.29 is 24.2 Å². The molecule has 4 fully saturated rings. The van der Waals surface area contributed by atoms with Crippen molar-refractivity contribution in [3.63, 3.8) is 0 Å². The van der Waals surface area contributed by atoms with Crippen molar-refractivity contribution in [3.05, 3.63) is 95.6 Å². The minimum Gasteiger partial charge on any atom is -0.374 e. The van der Waals surface area contributed by atoms with Crippen LogP contribution in [0.2, 0.25) is 0 Å². The number of aliphatic hydroxyl groups excluding tert-OH is 1. The lowest BCUT2D eigenvalue weighted by atomic mass is 10.1. The zero-order valence-electron chi connectivity index (χ0n) is 31.5. The highest BCUT2D eigenvalue weighted by Crippen LogP contribution is 2.28. The molecule has 0 aliphatic carbocycles. The van der Waals surface area contributed by atoms with Gasteiger partial charge in [0.25, 0.3) is 5.91 Å². The first kappa shape index (κ1) is 37.8. The summed E-state index contributed by atoms with van der Waals surface area (Å²) in [5.74, 6) is -0.104. The lowest BCUT2D eigenvalue weighted by Crippen LogP contribution is -2.49. The molecule has 8 heterocycles. The molecule has 4 aliphatic rings. The van der Waals surface area contributed by atoms with Crippen molar-refractivity contribution in [2.45, 2.75) is 25.4 Å². The Morgan fingerprint density at radius 2 is 1.38 bits per heavy atom. The molecule has 2 unspecified atom stereocenters. The number of rotatable bonds is 8. The van der Waals surface area contributed by atoms with Gasteiger partial charge in [0.1, 0.15) is 6.23 Å². The number of aliphatic hydroxyl groups is 1. The molecule has 56 heavy (non-hydrogen) atoms. The van der Waals surface area contributed by atoms with E-state index in [1.807, 2.05) is 23.2 Å². The van der Waals surface area contributed by atoms with Crippen molar-refractivity contribution in [2.24, 2.45) is 0 Å². The Labute approximate surface area is 325 Å². The van der Waals surface area contributed by atoms with Gasteiger partial charge in [0.2, 0.25) is 0 Å². The molecule has 18 nitrogen and oxygen atoms in total. The molecule has 0 bridgehead atoms. The molecule has 0 aromatic carbocycles. The largest absolute Gasteiger partial charge is 0.374 e. The zero-order valence-corrected chi connectivity index (χ0v) is 31.5. The predicted molar refractivity (Wildman–Crippen MR) is 202 cm³/mol. The van der Waals surface area contributed by atoms with Crippen LogP contribution in [0.25, 0.3) is 0 Å². The Morgan fingerprint density at radius 3 is 2.07 bits per heavy atom. The smallest absolute Gasteiger partial charge is 0.344 e. The van der Waals surface area contributed by atoms with E-state index in [1.54, 1.807) is 45.7 Å². The van der Waals surface area contributed by atoms with Crippen LogP contribution in [0.4, 0.5) is 9.59 Å². The Kier molecular flexibility index (Phi) is 11.7. The number of carbonyl (C=O) groups excluding carboxylic acids is 3. The molecule has 4 aromatic heterocycles. The first-order valence-electron chi connectivity index (χ1n) is 19.4. The van der Waals surface area contributed by atoms with E-state index in [4.69, 9.17) is 4.74 Å². The van der Waals surface area contributed by atoms with E-state index >= 15 is 0 Å². The molecule has 4 saturated heterocycles. The molecule has 0 saturated carbocycles. The summed E-state index contributed by atoms with van der Waals surface area (Å²) in [5, 5.41) is 23.1. The van der Waals surface area contributed by atoms with Gasteiger partial charge in [0.05, 0.1) is 30.7 Å². The van der Waals surface area contributed by atoms with Crippen molar-refractivity contribution in [1.29, 1.82) is 0 Å². The van der Waals surface area contributed by atoms with Crippen LogP contribution in [0.1, 0.15) is 44.9 Å². The Hall–Kier alpha value is -5.11. The summed E-state index contributed by atoms with van der Waals surface area (Å²) in [6.45, 7) is 10.9. The zero-order chi connectivity index (χ0) is 38.4. The average Bonchev–Trinajstić information content (AvgIpc) is 3.96. The second-order valence-electron chi connectivity index (χ2n) is 14.7. The lowest BCUT2D eigenvalue weighted by Gasteiger charge is -2.36. The third-order valence-corrected chi connectivity index (χ3v) is 11.0. The molecule has 2 N–H and O–H groups in total.